The van der Waals surface area contributed by atoms with Gasteiger partial charge in [0.25, 0.3) is 0 Å². The molecule has 4 aromatic rings. The molecule has 4 amide bonds. The van der Waals surface area contributed by atoms with Gasteiger partial charge >= 0.3 is 5.97 Å². The second kappa shape index (κ2) is 17.0. The van der Waals surface area contributed by atoms with E-state index in [9.17, 15) is 34.2 Å². The van der Waals surface area contributed by atoms with Gasteiger partial charge in [-0.25, -0.2) is 4.79 Å². The van der Waals surface area contributed by atoms with Crippen molar-refractivity contribution in [1.82, 2.24) is 26.3 Å². The summed E-state index contributed by atoms with van der Waals surface area (Å²) < 4.78 is 0. The summed E-state index contributed by atoms with van der Waals surface area (Å²) in [7, 11) is 0. The van der Waals surface area contributed by atoms with E-state index < -0.39 is 60.4 Å². The highest BCUT2D eigenvalue weighted by atomic mass is 35.5. The van der Waals surface area contributed by atoms with Crippen molar-refractivity contribution in [1.29, 1.82) is 0 Å². The molecule has 48 heavy (non-hydrogen) atoms. The van der Waals surface area contributed by atoms with Crippen LogP contribution in [0.1, 0.15) is 23.6 Å². The molecule has 12 nitrogen and oxygen atoms in total. The number of aliphatic carboxylic acids is 1. The smallest absolute Gasteiger partial charge is 0.328 e. The first-order valence-electron chi connectivity index (χ1n) is 15.1. The minimum atomic E-state index is -1.61. The second-order valence-corrected chi connectivity index (χ2v) is 11.7. The van der Waals surface area contributed by atoms with Crippen LogP contribution in [-0.2, 0) is 43.2 Å². The highest BCUT2D eigenvalue weighted by Crippen LogP contribution is 2.17. The molecule has 0 saturated carbocycles. The van der Waals surface area contributed by atoms with Gasteiger partial charge in [-0.15, -0.1) is 0 Å². The normalized spacial score (nSPS) is 13.4. The molecule has 3 aromatic carbocycles. The zero-order chi connectivity index (χ0) is 34.6. The first-order chi connectivity index (χ1) is 23.0. The number of pyridine rings is 1. The Kier molecular flexibility index (Phi) is 12.6. The van der Waals surface area contributed by atoms with E-state index in [1.54, 1.807) is 36.4 Å². The number of carboxylic acids is 1. The summed E-state index contributed by atoms with van der Waals surface area (Å²) in [5, 5.41) is 31.6. The first kappa shape index (κ1) is 35.5. The quantitative estimate of drug-likeness (QED) is 0.111. The SMILES string of the molecule is CC(=O)N[C@H](Cc1ccc2ccccc2c1)C(=O)N[C@H](Cc1ccc(Cl)cc1)C(=O)N[C@H](Cc1cccnc1)C(=O)N[C@@H](CO)C(=O)O. The van der Waals surface area contributed by atoms with Crippen molar-refractivity contribution in [3.05, 3.63) is 113 Å². The number of nitrogens with zero attached hydrogens (tertiary/aromatic N) is 1. The Hall–Kier alpha value is -5.33. The molecule has 0 aliphatic heterocycles. The molecule has 4 rings (SSSR count). The summed E-state index contributed by atoms with van der Waals surface area (Å²) in [6.07, 6.45) is 3.08. The van der Waals surface area contributed by atoms with Crippen molar-refractivity contribution < 1.29 is 34.2 Å². The van der Waals surface area contributed by atoms with Gasteiger partial charge in [0.2, 0.25) is 23.6 Å². The van der Waals surface area contributed by atoms with Crippen LogP contribution >= 0.6 is 11.6 Å². The molecule has 0 aliphatic carbocycles. The predicted octanol–water partition coefficient (Wildman–Crippen LogP) is 1.95. The lowest BCUT2D eigenvalue weighted by molar-refractivity contribution is -0.143. The summed E-state index contributed by atoms with van der Waals surface area (Å²) >= 11 is 6.06. The Balaban J connectivity index is 1.60. The molecule has 0 fully saturated rings. The maximum atomic E-state index is 13.9. The minimum Gasteiger partial charge on any atom is -0.480 e. The highest BCUT2D eigenvalue weighted by molar-refractivity contribution is 6.30. The van der Waals surface area contributed by atoms with E-state index in [1.165, 1.54) is 19.3 Å². The van der Waals surface area contributed by atoms with Gasteiger partial charge in [0.05, 0.1) is 6.61 Å². The van der Waals surface area contributed by atoms with Gasteiger partial charge in [0.1, 0.15) is 24.2 Å². The summed E-state index contributed by atoms with van der Waals surface area (Å²) in [6, 6.07) is 18.2. The Bertz CT molecular complexity index is 1750. The van der Waals surface area contributed by atoms with Gasteiger partial charge < -0.3 is 31.5 Å². The number of hydrogen-bond acceptors (Lipinski definition) is 7. The predicted molar refractivity (Wildman–Crippen MR) is 179 cm³/mol. The fraction of sp³-hybridized carbons (Fsp3) is 0.257. The van der Waals surface area contributed by atoms with Gasteiger partial charge in [0, 0.05) is 43.6 Å². The number of amides is 4. The molecule has 0 saturated heterocycles. The first-order valence-corrected chi connectivity index (χ1v) is 15.5. The number of nitrogens with one attached hydrogen (secondary N) is 4. The molecule has 0 spiro atoms. The second-order valence-electron chi connectivity index (χ2n) is 11.2. The van der Waals surface area contributed by atoms with Gasteiger partial charge in [-0.2, -0.15) is 0 Å². The molecule has 4 atom stereocenters. The summed E-state index contributed by atoms with van der Waals surface area (Å²) in [5.74, 6) is -4.14. The van der Waals surface area contributed by atoms with Crippen LogP contribution in [0.15, 0.2) is 91.3 Å². The zero-order valence-electron chi connectivity index (χ0n) is 26.1. The van der Waals surface area contributed by atoms with Crippen molar-refractivity contribution in [3.8, 4) is 0 Å². The molecule has 13 heteroatoms. The highest BCUT2D eigenvalue weighted by Gasteiger charge is 2.31. The molecule has 1 heterocycles. The van der Waals surface area contributed by atoms with Crippen LogP contribution in [0.4, 0.5) is 0 Å². The Labute approximate surface area is 281 Å². The number of benzene rings is 3. The molecular formula is C35H36ClN5O7. The fourth-order valence-corrected chi connectivity index (χ4v) is 5.21. The van der Waals surface area contributed by atoms with Crippen LogP contribution in [-0.4, -0.2) is 75.6 Å². The molecular weight excluding hydrogens is 638 g/mol. The summed E-state index contributed by atoms with van der Waals surface area (Å²) in [5.41, 5.74) is 1.99. The Morgan fingerprint density at radius 1 is 0.667 bits per heavy atom. The van der Waals surface area contributed by atoms with Gasteiger partial charge in [-0.1, -0.05) is 72.3 Å². The van der Waals surface area contributed by atoms with Crippen LogP contribution in [0.2, 0.25) is 5.02 Å². The zero-order valence-corrected chi connectivity index (χ0v) is 26.8. The largest absolute Gasteiger partial charge is 0.480 e. The number of rotatable bonds is 15. The van der Waals surface area contributed by atoms with E-state index in [0.717, 1.165) is 16.3 Å². The third kappa shape index (κ3) is 10.3. The topological polar surface area (TPSA) is 187 Å². The fourth-order valence-electron chi connectivity index (χ4n) is 5.09. The number of halogens is 1. The summed E-state index contributed by atoms with van der Waals surface area (Å²) in [4.78, 5) is 68.6. The molecule has 6 N–H and O–H groups in total. The average molecular weight is 674 g/mol. The lowest BCUT2D eigenvalue weighted by Crippen LogP contribution is -2.59. The van der Waals surface area contributed by atoms with E-state index in [0.29, 0.717) is 16.1 Å². The van der Waals surface area contributed by atoms with Crippen LogP contribution < -0.4 is 21.3 Å². The van der Waals surface area contributed by atoms with E-state index in [-0.39, 0.29) is 19.3 Å². The van der Waals surface area contributed by atoms with Crippen molar-refractivity contribution in [2.45, 2.75) is 50.4 Å². The van der Waals surface area contributed by atoms with Crippen molar-refractivity contribution in [2.75, 3.05) is 6.61 Å². The summed E-state index contributed by atoms with van der Waals surface area (Å²) in [6.45, 7) is 0.419. The number of fused-ring (bicyclic) bond motifs is 1. The van der Waals surface area contributed by atoms with Gasteiger partial charge in [-0.3, -0.25) is 24.2 Å². The van der Waals surface area contributed by atoms with Gasteiger partial charge in [0.15, 0.2) is 0 Å². The van der Waals surface area contributed by atoms with Crippen LogP contribution in [0.25, 0.3) is 10.8 Å². The van der Waals surface area contributed by atoms with Crippen LogP contribution in [0.3, 0.4) is 0 Å². The number of carbonyl (C=O) groups is 5. The van der Waals surface area contributed by atoms with E-state index in [1.807, 2.05) is 42.5 Å². The molecule has 0 aliphatic rings. The lowest BCUT2D eigenvalue weighted by atomic mass is 9.99. The van der Waals surface area contributed by atoms with Crippen LogP contribution in [0.5, 0.6) is 0 Å². The van der Waals surface area contributed by atoms with E-state index in [2.05, 4.69) is 26.3 Å². The number of aromatic nitrogens is 1. The molecule has 0 bridgehead atoms. The molecule has 1 aromatic heterocycles. The monoisotopic (exact) mass is 673 g/mol. The lowest BCUT2D eigenvalue weighted by Gasteiger charge is -2.26. The van der Waals surface area contributed by atoms with Crippen LogP contribution in [0, 0.1) is 0 Å². The number of carbonyl (C=O) groups excluding carboxylic acids is 4. The maximum Gasteiger partial charge on any atom is 0.328 e. The van der Waals surface area contributed by atoms with Crippen molar-refractivity contribution in [3.63, 3.8) is 0 Å². The number of hydrogen-bond donors (Lipinski definition) is 6. The average Bonchev–Trinajstić information content (AvgIpc) is 3.07. The van der Waals surface area contributed by atoms with Crippen molar-refractivity contribution in [2.24, 2.45) is 0 Å². The Morgan fingerprint density at radius 3 is 1.77 bits per heavy atom. The Morgan fingerprint density at radius 2 is 1.21 bits per heavy atom. The molecule has 0 radical (unpaired) electrons. The number of aliphatic hydroxyl groups is 1. The van der Waals surface area contributed by atoms with E-state index >= 15 is 0 Å². The number of carboxylic acid groups (broad SMARTS) is 1. The number of aliphatic hydroxyl groups excluding tert-OH is 1. The molecule has 0 unspecified atom stereocenters. The minimum absolute atomic E-state index is 0.00681. The van der Waals surface area contributed by atoms with E-state index in [4.69, 9.17) is 11.6 Å². The van der Waals surface area contributed by atoms with Crippen molar-refractivity contribution >= 4 is 52.0 Å². The third-order valence-electron chi connectivity index (χ3n) is 7.53. The molecule has 250 valence electrons. The third-order valence-corrected chi connectivity index (χ3v) is 7.78. The maximum absolute atomic E-state index is 13.9. The standard InChI is InChI=1S/C35H36ClN5O7/c1-21(43)38-28(17-23-8-11-25-6-2-3-7-26(25)15-23)32(44)39-29(16-22-9-12-27(36)13-10-22)33(45)40-30(18-24-5-4-14-37-19-24)34(46)41-31(20-42)35(47)48/h2-15,19,28-31,42H,16-18,20H2,1H3,(H,38,43)(H,39,44)(H,40,45)(H,41,46)(H,47,48)/t28-,29-,30-,31+/m1/s1. The van der Waals surface area contributed by atoms with Gasteiger partial charge in [-0.05, 0) is 45.7 Å².